The molecule has 1 fully saturated rings. The van der Waals surface area contributed by atoms with E-state index < -0.39 is 0 Å². The van der Waals surface area contributed by atoms with E-state index in [1.165, 1.54) is 6.07 Å². The number of hydrogen-bond donors (Lipinski definition) is 0. The van der Waals surface area contributed by atoms with Gasteiger partial charge in [0.2, 0.25) is 0 Å². The normalized spacial score (nSPS) is 22.8. The summed E-state index contributed by atoms with van der Waals surface area (Å²) in [5, 5.41) is 0. The van der Waals surface area contributed by atoms with Gasteiger partial charge >= 0.3 is 0 Å². The van der Waals surface area contributed by atoms with Crippen molar-refractivity contribution in [1.29, 1.82) is 0 Å². The van der Waals surface area contributed by atoms with Crippen molar-refractivity contribution in [2.45, 2.75) is 37.8 Å². The number of halogens is 3. The number of hydrogen-bond acceptors (Lipinski definition) is 2. The number of ether oxygens (including phenoxy) is 1. The van der Waals surface area contributed by atoms with E-state index >= 15 is 0 Å². The van der Waals surface area contributed by atoms with E-state index in [1.807, 2.05) is 4.57 Å². The van der Waals surface area contributed by atoms with Gasteiger partial charge in [-0.2, -0.15) is 0 Å². The SMILES string of the molecule is CC1(Cn2c(CCl)nc3cc(Br)c(F)cc32)CCCO1. The van der Waals surface area contributed by atoms with Crippen molar-refractivity contribution in [2.75, 3.05) is 6.61 Å². The first-order chi connectivity index (χ1) is 9.52. The molecule has 6 heteroatoms. The van der Waals surface area contributed by atoms with E-state index in [4.69, 9.17) is 16.3 Å². The molecule has 0 saturated carbocycles. The highest BCUT2D eigenvalue weighted by Gasteiger charge is 2.31. The summed E-state index contributed by atoms with van der Waals surface area (Å²) >= 11 is 9.17. The van der Waals surface area contributed by atoms with E-state index in [9.17, 15) is 4.39 Å². The van der Waals surface area contributed by atoms with Crippen molar-refractivity contribution in [3.05, 3.63) is 28.2 Å². The lowest BCUT2D eigenvalue weighted by molar-refractivity contribution is 0.00660. The lowest BCUT2D eigenvalue weighted by Gasteiger charge is -2.25. The Morgan fingerprint density at radius 2 is 2.35 bits per heavy atom. The van der Waals surface area contributed by atoms with Crippen LogP contribution in [0, 0.1) is 5.82 Å². The third-order valence-electron chi connectivity index (χ3n) is 3.78. The Labute approximate surface area is 130 Å². The third-order valence-corrected chi connectivity index (χ3v) is 4.63. The lowest BCUT2D eigenvalue weighted by atomic mass is 10.0. The zero-order chi connectivity index (χ0) is 14.3. The number of imidazole rings is 1. The molecule has 0 spiro atoms. The van der Waals surface area contributed by atoms with Crippen LogP contribution in [0.4, 0.5) is 4.39 Å². The highest BCUT2D eigenvalue weighted by molar-refractivity contribution is 9.10. The van der Waals surface area contributed by atoms with Gasteiger partial charge in [-0.15, -0.1) is 11.6 Å². The summed E-state index contributed by atoms with van der Waals surface area (Å²) in [6.45, 7) is 3.50. The van der Waals surface area contributed by atoms with Crippen LogP contribution < -0.4 is 0 Å². The molecule has 0 aliphatic carbocycles. The number of benzene rings is 1. The first-order valence-electron chi connectivity index (χ1n) is 6.56. The van der Waals surface area contributed by atoms with Crippen LogP contribution >= 0.6 is 27.5 Å². The van der Waals surface area contributed by atoms with Gasteiger partial charge in [0.15, 0.2) is 0 Å². The van der Waals surface area contributed by atoms with Gasteiger partial charge in [0.25, 0.3) is 0 Å². The third kappa shape index (κ3) is 2.47. The van der Waals surface area contributed by atoms with Crippen molar-refractivity contribution in [2.24, 2.45) is 0 Å². The Bertz CT molecular complexity index is 652. The number of nitrogens with zero attached hydrogens (tertiary/aromatic N) is 2. The highest BCUT2D eigenvalue weighted by Crippen LogP contribution is 2.31. The summed E-state index contributed by atoms with van der Waals surface area (Å²) < 4.78 is 22.0. The second-order valence-electron chi connectivity index (χ2n) is 5.40. The average Bonchev–Trinajstić information content (AvgIpc) is 2.96. The average molecular weight is 362 g/mol. The van der Waals surface area contributed by atoms with Gasteiger partial charge in [-0.05, 0) is 41.8 Å². The smallest absolute Gasteiger partial charge is 0.139 e. The molecule has 0 amide bonds. The zero-order valence-electron chi connectivity index (χ0n) is 11.1. The van der Waals surface area contributed by atoms with Gasteiger partial charge in [-0.1, -0.05) is 0 Å². The molecular weight excluding hydrogens is 347 g/mol. The molecule has 20 heavy (non-hydrogen) atoms. The molecule has 1 saturated heterocycles. The maximum absolute atomic E-state index is 13.8. The summed E-state index contributed by atoms with van der Waals surface area (Å²) in [5.74, 6) is 0.748. The Balaban J connectivity index is 2.10. The molecule has 3 nitrogen and oxygen atoms in total. The predicted molar refractivity (Wildman–Crippen MR) is 80.5 cm³/mol. The van der Waals surface area contributed by atoms with Crippen LogP contribution in [0.2, 0.25) is 0 Å². The molecule has 1 atom stereocenters. The van der Waals surface area contributed by atoms with Gasteiger partial charge in [-0.3, -0.25) is 0 Å². The van der Waals surface area contributed by atoms with Crippen molar-refractivity contribution in [1.82, 2.24) is 9.55 Å². The summed E-state index contributed by atoms with van der Waals surface area (Å²) in [7, 11) is 0. The minimum atomic E-state index is -0.294. The molecule has 0 N–H and O–H groups in total. The first-order valence-corrected chi connectivity index (χ1v) is 7.89. The standard InChI is InChI=1S/C14H15BrClFN2O/c1-14(3-2-4-20-14)8-19-12-6-10(17)9(15)5-11(12)18-13(19)7-16/h5-6H,2-4,7-8H2,1H3. The maximum Gasteiger partial charge on any atom is 0.139 e. The summed E-state index contributed by atoms with van der Waals surface area (Å²) in [4.78, 5) is 4.49. The van der Waals surface area contributed by atoms with E-state index in [-0.39, 0.29) is 11.4 Å². The van der Waals surface area contributed by atoms with Gasteiger partial charge in [-0.25, -0.2) is 9.37 Å². The quantitative estimate of drug-likeness (QED) is 0.764. The molecule has 1 aromatic heterocycles. The van der Waals surface area contributed by atoms with E-state index in [2.05, 4.69) is 27.8 Å². The molecule has 1 unspecified atom stereocenters. The van der Waals surface area contributed by atoms with Gasteiger partial charge in [0.1, 0.15) is 11.6 Å². The van der Waals surface area contributed by atoms with E-state index in [1.54, 1.807) is 6.07 Å². The summed E-state index contributed by atoms with van der Waals surface area (Å²) in [5.41, 5.74) is 1.28. The molecular formula is C14H15BrClFN2O. The zero-order valence-corrected chi connectivity index (χ0v) is 13.5. The molecule has 2 heterocycles. The molecule has 2 aromatic rings. The van der Waals surface area contributed by atoms with Crippen LogP contribution in [0.1, 0.15) is 25.6 Å². The fourth-order valence-corrected chi connectivity index (χ4v) is 3.28. The highest BCUT2D eigenvalue weighted by atomic mass is 79.9. The molecule has 0 radical (unpaired) electrons. The van der Waals surface area contributed by atoms with E-state index in [0.717, 1.165) is 36.3 Å². The van der Waals surface area contributed by atoms with Crippen LogP contribution in [0.5, 0.6) is 0 Å². The molecule has 1 aromatic carbocycles. The van der Waals surface area contributed by atoms with Crippen molar-refractivity contribution >= 4 is 38.6 Å². The maximum atomic E-state index is 13.8. The number of rotatable bonds is 3. The largest absolute Gasteiger partial charge is 0.373 e. The lowest BCUT2D eigenvalue weighted by Crippen LogP contribution is -2.30. The van der Waals surface area contributed by atoms with Crippen LogP contribution in [-0.4, -0.2) is 21.8 Å². The van der Waals surface area contributed by atoms with Crippen molar-refractivity contribution < 1.29 is 9.13 Å². The second-order valence-corrected chi connectivity index (χ2v) is 6.53. The minimum Gasteiger partial charge on any atom is -0.373 e. The Morgan fingerprint density at radius 1 is 1.55 bits per heavy atom. The number of aromatic nitrogens is 2. The van der Waals surface area contributed by atoms with Gasteiger partial charge in [0, 0.05) is 12.7 Å². The molecule has 1 aliphatic heterocycles. The van der Waals surface area contributed by atoms with Gasteiger partial charge < -0.3 is 9.30 Å². The predicted octanol–water partition coefficient (Wildman–Crippen LogP) is 4.25. The first kappa shape index (κ1) is 14.3. The van der Waals surface area contributed by atoms with Crippen molar-refractivity contribution in [3.8, 4) is 0 Å². The minimum absolute atomic E-state index is 0.224. The Morgan fingerprint density at radius 3 is 3.00 bits per heavy atom. The Kier molecular flexibility index (Phi) is 3.77. The second kappa shape index (κ2) is 5.28. The van der Waals surface area contributed by atoms with E-state index in [0.29, 0.717) is 16.9 Å². The van der Waals surface area contributed by atoms with Crippen LogP contribution in [0.15, 0.2) is 16.6 Å². The Hall–Kier alpha value is -0.650. The monoisotopic (exact) mass is 360 g/mol. The number of fused-ring (bicyclic) bond motifs is 1. The van der Waals surface area contributed by atoms with Gasteiger partial charge in [0.05, 0.1) is 33.5 Å². The van der Waals surface area contributed by atoms with Crippen molar-refractivity contribution in [3.63, 3.8) is 0 Å². The van der Waals surface area contributed by atoms with Crippen LogP contribution in [0.3, 0.4) is 0 Å². The topological polar surface area (TPSA) is 27.1 Å². The fourth-order valence-electron chi connectivity index (χ4n) is 2.74. The fraction of sp³-hybridized carbons (Fsp3) is 0.500. The number of alkyl halides is 1. The van der Waals surface area contributed by atoms with Crippen LogP contribution in [0.25, 0.3) is 11.0 Å². The molecule has 0 bridgehead atoms. The summed E-state index contributed by atoms with van der Waals surface area (Å²) in [6.07, 6.45) is 2.05. The molecule has 3 rings (SSSR count). The van der Waals surface area contributed by atoms with Crippen LogP contribution in [-0.2, 0) is 17.2 Å². The molecule has 108 valence electrons. The summed E-state index contributed by atoms with van der Waals surface area (Å²) in [6, 6.07) is 3.19. The molecule has 1 aliphatic rings.